The summed E-state index contributed by atoms with van der Waals surface area (Å²) in [4.78, 5) is 32.2. The lowest BCUT2D eigenvalue weighted by Crippen LogP contribution is -2.47. The molecule has 0 N–H and O–H groups in total. The minimum absolute atomic E-state index is 0.0118. The third kappa shape index (κ3) is 6.08. The average Bonchev–Trinajstić information content (AvgIpc) is 3.18. The molecule has 0 saturated carbocycles. The van der Waals surface area contributed by atoms with E-state index < -0.39 is 0 Å². The summed E-state index contributed by atoms with van der Waals surface area (Å²) in [7, 11) is 0. The van der Waals surface area contributed by atoms with E-state index in [1.807, 2.05) is 49.1 Å². The van der Waals surface area contributed by atoms with Crippen molar-refractivity contribution in [3.8, 4) is 11.3 Å². The first-order valence-electron chi connectivity index (χ1n) is 12.8. The van der Waals surface area contributed by atoms with Crippen molar-refractivity contribution in [1.82, 2.24) is 20.0 Å². The summed E-state index contributed by atoms with van der Waals surface area (Å²) in [5.41, 5.74) is 3.71. The number of aryl methyl sites for hydroxylation is 1. The van der Waals surface area contributed by atoms with Gasteiger partial charge in [0.15, 0.2) is 5.82 Å². The van der Waals surface area contributed by atoms with Crippen LogP contribution in [0.3, 0.4) is 0 Å². The van der Waals surface area contributed by atoms with E-state index in [9.17, 15) is 9.59 Å². The van der Waals surface area contributed by atoms with E-state index in [4.69, 9.17) is 0 Å². The second kappa shape index (κ2) is 11.8. The molecule has 3 aromatic rings. The number of anilines is 1. The smallest absolute Gasteiger partial charge is 0.254 e. The SMILES string of the molecule is CC[C@@H](C)N(CC(=O)N1CCCN(c2ccc(-c3ccc(C)cc3)nn2)CC1)C(=O)c1ccccc1. The first kappa shape index (κ1) is 25.4. The van der Waals surface area contributed by atoms with Gasteiger partial charge in [0.05, 0.1) is 5.69 Å². The number of carbonyl (C=O) groups excluding carboxylic acids is 2. The van der Waals surface area contributed by atoms with Crippen LogP contribution >= 0.6 is 0 Å². The topological polar surface area (TPSA) is 69.6 Å². The van der Waals surface area contributed by atoms with E-state index >= 15 is 0 Å². The van der Waals surface area contributed by atoms with Crippen LogP contribution < -0.4 is 4.90 Å². The molecule has 188 valence electrons. The molecule has 1 aliphatic rings. The highest BCUT2D eigenvalue weighted by Gasteiger charge is 2.27. The molecule has 7 heteroatoms. The number of nitrogens with zero attached hydrogens (tertiary/aromatic N) is 5. The maximum atomic E-state index is 13.3. The molecule has 2 aromatic carbocycles. The summed E-state index contributed by atoms with van der Waals surface area (Å²) >= 11 is 0. The van der Waals surface area contributed by atoms with Gasteiger partial charge in [-0.25, -0.2) is 0 Å². The van der Waals surface area contributed by atoms with Crippen molar-refractivity contribution < 1.29 is 9.59 Å². The molecule has 1 fully saturated rings. The van der Waals surface area contributed by atoms with E-state index in [1.54, 1.807) is 17.0 Å². The van der Waals surface area contributed by atoms with Gasteiger partial charge < -0.3 is 14.7 Å². The first-order valence-corrected chi connectivity index (χ1v) is 12.8. The zero-order valence-electron chi connectivity index (χ0n) is 21.4. The molecule has 2 heterocycles. The van der Waals surface area contributed by atoms with Gasteiger partial charge >= 0.3 is 0 Å². The largest absolute Gasteiger partial charge is 0.353 e. The normalized spacial score (nSPS) is 14.8. The molecule has 0 aliphatic carbocycles. The Labute approximate surface area is 213 Å². The molecule has 1 aromatic heterocycles. The van der Waals surface area contributed by atoms with Crippen LogP contribution in [0.1, 0.15) is 42.6 Å². The molecular formula is C29H35N5O2. The van der Waals surface area contributed by atoms with Crippen LogP contribution in [0.2, 0.25) is 0 Å². The van der Waals surface area contributed by atoms with Crippen LogP contribution in [0.4, 0.5) is 5.82 Å². The Balaban J connectivity index is 1.38. The highest BCUT2D eigenvalue weighted by Crippen LogP contribution is 2.20. The van der Waals surface area contributed by atoms with E-state index in [1.165, 1.54) is 5.56 Å². The first-order chi connectivity index (χ1) is 17.5. The predicted molar refractivity (Wildman–Crippen MR) is 143 cm³/mol. The number of aromatic nitrogens is 2. The lowest BCUT2D eigenvalue weighted by Gasteiger charge is -2.31. The number of amides is 2. The highest BCUT2D eigenvalue weighted by atomic mass is 16.2. The van der Waals surface area contributed by atoms with E-state index in [2.05, 4.69) is 46.3 Å². The molecule has 4 rings (SSSR count). The van der Waals surface area contributed by atoms with Crippen LogP contribution in [-0.2, 0) is 4.79 Å². The van der Waals surface area contributed by atoms with Gasteiger partial charge in [0.2, 0.25) is 5.91 Å². The fraction of sp³-hybridized carbons (Fsp3) is 0.379. The molecule has 0 bridgehead atoms. The second-order valence-electron chi connectivity index (χ2n) is 9.42. The zero-order chi connectivity index (χ0) is 25.5. The number of hydrogen-bond donors (Lipinski definition) is 0. The lowest BCUT2D eigenvalue weighted by molar-refractivity contribution is -0.132. The summed E-state index contributed by atoms with van der Waals surface area (Å²) in [6, 6.07) is 21.4. The maximum absolute atomic E-state index is 13.3. The van der Waals surface area contributed by atoms with Crippen LogP contribution in [0.15, 0.2) is 66.7 Å². The Hall–Kier alpha value is -3.74. The van der Waals surface area contributed by atoms with Gasteiger partial charge in [-0.05, 0) is 51.0 Å². The van der Waals surface area contributed by atoms with Crippen molar-refractivity contribution in [1.29, 1.82) is 0 Å². The van der Waals surface area contributed by atoms with Gasteiger partial charge in [-0.15, -0.1) is 10.2 Å². The number of rotatable bonds is 7. The molecular weight excluding hydrogens is 450 g/mol. The van der Waals surface area contributed by atoms with E-state index in [0.29, 0.717) is 25.2 Å². The van der Waals surface area contributed by atoms with Crippen LogP contribution in [0, 0.1) is 6.92 Å². The van der Waals surface area contributed by atoms with Gasteiger partial charge in [0.25, 0.3) is 5.91 Å². The van der Waals surface area contributed by atoms with E-state index in [-0.39, 0.29) is 24.4 Å². The van der Waals surface area contributed by atoms with Gasteiger partial charge in [-0.2, -0.15) is 0 Å². The van der Waals surface area contributed by atoms with Gasteiger partial charge in [0, 0.05) is 43.3 Å². The third-order valence-electron chi connectivity index (χ3n) is 6.88. The van der Waals surface area contributed by atoms with Crippen molar-refractivity contribution in [3.63, 3.8) is 0 Å². The molecule has 2 amide bonds. The van der Waals surface area contributed by atoms with Crippen molar-refractivity contribution in [3.05, 3.63) is 77.9 Å². The van der Waals surface area contributed by atoms with Gasteiger partial charge in [0.1, 0.15) is 6.54 Å². The second-order valence-corrected chi connectivity index (χ2v) is 9.42. The molecule has 0 unspecified atom stereocenters. The Kier molecular flexibility index (Phi) is 8.31. The molecule has 1 saturated heterocycles. The maximum Gasteiger partial charge on any atom is 0.254 e. The van der Waals surface area contributed by atoms with Gasteiger partial charge in [-0.1, -0.05) is 55.0 Å². The average molecular weight is 486 g/mol. The minimum atomic E-state index is -0.0984. The summed E-state index contributed by atoms with van der Waals surface area (Å²) in [5, 5.41) is 8.91. The fourth-order valence-corrected chi connectivity index (χ4v) is 4.41. The van der Waals surface area contributed by atoms with Crippen molar-refractivity contribution in [2.75, 3.05) is 37.6 Å². The monoisotopic (exact) mass is 485 g/mol. The lowest BCUT2D eigenvalue weighted by atomic mass is 10.1. The number of benzene rings is 2. The summed E-state index contributed by atoms with van der Waals surface area (Å²) < 4.78 is 0. The zero-order valence-corrected chi connectivity index (χ0v) is 21.4. The molecule has 1 atom stereocenters. The molecule has 36 heavy (non-hydrogen) atoms. The quantitative estimate of drug-likeness (QED) is 0.495. The predicted octanol–water partition coefficient (Wildman–Crippen LogP) is 4.43. The number of carbonyl (C=O) groups is 2. The van der Waals surface area contributed by atoms with Gasteiger partial charge in [-0.3, -0.25) is 9.59 Å². The summed E-state index contributed by atoms with van der Waals surface area (Å²) in [6.45, 7) is 8.93. The van der Waals surface area contributed by atoms with Crippen molar-refractivity contribution in [2.24, 2.45) is 0 Å². The number of hydrogen-bond acceptors (Lipinski definition) is 5. The van der Waals surface area contributed by atoms with Crippen molar-refractivity contribution >= 4 is 17.6 Å². The van der Waals surface area contributed by atoms with Crippen LogP contribution in [-0.4, -0.2) is 70.6 Å². The van der Waals surface area contributed by atoms with E-state index in [0.717, 1.165) is 36.5 Å². The van der Waals surface area contributed by atoms with Crippen LogP contribution in [0.5, 0.6) is 0 Å². The Morgan fingerprint density at radius 3 is 2.33 bits per heavy atom. The van der Waals surface area contributed by atoms with Crippen molar-refractivity contribution in [2.45, 2.75) is 39.7 Å². The third-order valence-corrected chi connectivity index (χ3v) is 6.88. The molecule has 0 radical (unpaired) electrons. The Bertz CT molecular complexity index is 1150. The Morgan fingerprint density at radius 2 is 1.67 bits per heavy atom. The molecule has 7 nitrogen and oxygen atoms in total. The summed E-state index contributed by atoms with van der Waals surface area (Å²) in [6.07, 6.45) is 1.62. The standard InChI is InChI=1S/C29H35N5O2/c1-4-23(3)34(29(36)25-9-6-5-7-10-25)21-28(35)33-18-8-17-32(19-20-33)27-16-15-26(30-31-27)24-13-11-22(2)12-14-24/h5-7,9-16,23H,4,8,17-21H2,1-3H3/t23-/m1/s1. The fourth-order valence-electron chi connectivity index (χ4n) is 4.41. The molecule has 1 aliphatic heterocycles. The summed E-state index contributed by atoms with van der Waals surface area (Å²) in [5.74, 6) is 0.710. The minimum Gasteiger partial charge on any atom is -0.353 e. The molecule has 0 spiro atoms. The Morgan fingerprint density at radius 1 is 0.917 bits per heavy atom. The van der Waals surface area contributed by atoms with Crippen LogP contribution in [0.25, 0.3) is 11.3 Å². The highest BCUT2D eigenvalue weighted by molar-refractivity contribution is 5.96.